The van der Waals surface area contributed by atoms with Gasteiger partial charge in [-0.05, 0) is 52.2 Å². The van der Waals surface area contributed by atoms with Crippen molar-refractivity contribution in [3.8, 4) is 0 Å². The molecule has 0 unspecified atom stereocenters. The molecule has 0 N–H and O–H groups in total. The molecular formula is C24H48O5Si. The van der Waals surface area contributed by atoms with Gasteiger partial charge in [0.2, 0.25) is 0 Å². The zero-order valence-electron chi connectivity index (χ0n) is 21.3. The van der Waals surface area contributed by atoms with Gasteiger partial charge in [-0.2, -0.15) is 0 Å². The largest absolute Gasteiger partial charge is 0.414 e. The van der Waals surface area contributed by atoms with E-state index in [9.17, 15) is 0 Å². The highest BCUT2D eigenvalue weighted by molar-refractivity contribution is 6.74. The lowest BCUT2D eigenvalue weighted by molar-refractivity contribution is -0.175. The van der Waals surface area contributed by atoms with E-state index >= 15 is 0 Å². The Bertz CT molecular complexity index is 540. The van der Waals surface area contributed by atoms with E-state index in [0.29, 0.717) is 6.61 Å². The minimum absolute atomic E-state index is 0.0273. The summed E-state index contributed by atoms with van der Waals surface area (Å²) < 4.78 is 31.9. The summed E-state index contributed by atoms with van der Waals surface area (Å²) in [5, 5.41) is 0.160. The first-order valence-corrected chi connectivity index (χ1v) is 14.9. The topological polar surface area (TPSA) is 46.2 Å². The van der Waals surface area contributed by atoms with Crippen LogP contribution in [0, 0.1) is 0 Å². The van der Waals surface area contributed by atoms with Gasteiger partial charge in [0.1, 0.15) is 18.3 Å². The molecular weight excluding hydrogens is 396 g/mol. The summed E-state index contributed by atoms with van der Waals surface area (Å²) in [5.41, 5.74) is 0. The summed E-state index contributed by atoms with van der Waals surface area (Å²) in [6.07, 6.45) is 6.79. The van der Waals surface area contributed by atoms with E-state index in [1.54, 1.807) is 0 Å². The fraction of sp³-hybridized carbons (Fsp3) is 1.00. The molecule has 0 amide bonds. The maximum absolute atomic E-state index is 6.51. The molecule has 0 aliphatic carbocycles. The SMILES string of the molecule is CCCCCCC[C@@H]1OC(C)(C)O[C@H]1[C@H]1OC(C)(C)O[C@@H]1CO[Si](C)(C)C(C)(C)C. The molecule has 0 bridgehead atoms. The Morgan fingerprint density at radius 1 is 0.767 bits per heavy atom. The lowest BCUT2D eigenvalue weighted by Crippen LogP contribution is -2.47. The molecule has 4 atom stereocenters. The normalized spacial score (nSPS) is 31.4. The summed E-state index contributed by atoms with van der Waals surface area (Å²) in [5.74, 6) is -1.24. The van der Waals surface area contributed by atoms with Crippen molar-refractivity contribution >= 4 is 8.32 Å². The number of hydrogen-bond acceptors (Lipinski definition) is 5. The Morgan fingerprint density at radius 3 is 1.80 bits per heavy atom. The first-order chi connectivity index (χ1) is 13.7. The molecule has 0 spiro atoms. The van der Waals surface area contributed by atoms with E-state index in [0.717, 1.165) is 12.8 Å². The van der Waals surface area contributed by atoms with E-state index in [2.05, 4.69) is 40.8 Å². The summed E-state index contributed by atoms with van der Waals surface area (Å²) in [6, 6.07) is 0. The molecule has 0 aromatic rings. The third-order valence-electron chi connectivity index (χ3n) is 6.77. The Hall–Kier alpha value is 0.0169. The van der Waals surface area contributed by atoms with Crippen LogP contribution in [-0.4, -0.2) is 50.9 Å². The molecule has 2 saturated heterocycles. The molecule has 0 radical (unpaired) electrons. The fourth-order valence-electron chi connectivity index (χ4n) is 4.09. The van der Waals surface area contributed by atoms with Crippen LogP contribution in [0.2, 0.25) is 18.1 Å². The highest BCUT2D eigenvalue weighted by Gasteiger charge is 2.54. The van der Waals surface area contributed by atoms with Gasteiger partial charge >= 0.3 is 0 Å². The second kappa shape index (κ2) is 9.88. The van der Waals surface area contributed by atoms with E-state index < -0.39 is 19.9 Å². The smallest absolute Gasteiger partial charge is 0.192 e. The first-order valence-electron chi connectivity index (χ1n) is 12.0. The van der Waals surface area contributed by atoms with Crippen LogP contribution in [0.15, 0.2) is 0 Å². The Kier molecular flexibility index (Phi) is 8.65. The minimum atomic E-state index is -1.87. The molecule has 0 aromatic heterocycles. The van der Waals surface area contributed by atoms with Crippen LogP contribution in [0.25, 0.3) is 0 Å². The first kappa shape index (κ1) is 26.3. The van der Waals surface area contributed by atoms with Crippen LogP contribution >= 0.6 is 0 Å². The maximum Gasteiger partial charge on any atom is 0.192 e. The van der Waals surface area contributed by atoms with E-state index in [1.165, 1.54) is 25.7 Å². The maximum atomic E-state index is 6.51. The highest BCUT2D eigenvalue weighted by atomic mass is 28.4. The van der Waals surface area contributed by atoms with Crippen molar-refractivity contribution in [2.24, 2.45) is 0 Å². The van der Waals surface area contributed by atoms with Crippen molar-refractivity contribution in [1.82, 2.24) is 0 Å². The van der Waals surface area contributed by atoms with Gasteiger partial charge in [0.15, 0.2) is 19.9 Å². The van der Waals surface area contributed by atoms with E-state index in [-0.39, 0.29) is 29.5 Å². The predicted molar refractivity (Wildman–Crippen MR) is 124 cm³/mol. The lowest BCUT2D eigenvalue weighted by Gasteiger charge is -2.37. The summed E-state index contributed by atoms with van der Waals surface area (Å²) in [4.78, 5) is 0. The summed E-state index contributed by atoms with van der Waals surface area (Å²) in [7, 11) is -1.87. The summed E-state index contributed by atoms with van der Waals surface area (Å²) in [6.45, 7) is 22.1. The highest BCUT2D eigenvalue weighted by Crippen LogP contribution is 2.41. The van der Waals surface area contributed by atoms with Gasteiger partial charge in [0, 0.05) is 0 Å². The van der Waals surface area contributed by atoms with Crippen molar-refractivity contribution in [1.29, 1.82) is 0 Å². The van der Waals surface area contributed by atoms with Gasteiger partial charge in [-0.25, -0.2) is 0 Å². The Morgan fingerprint density at radius 2 is 1.27 bits per heavy atom. The average molecular weight is 445 g/mol. The van der Waals surface area contributed by atoms with Gasteiger partial charge < -0.3 is 23.4 Å². The van der Waals surface area contributed by atoms with Crippen molar-refractivity contribution in [3.63, 3.8) is 0 Å². The molecule has 30 heavy (non-hydrogen) atoms. The van der Waals surface area contributed by atoms with Crippen molar-refractivity contribution in [2.45, 2.75) is 148 Å². The quantitative estimate of drug-likeness (QED) is 0.288. The van der Waals surface area contributed by atoms with Crippen molar-refractivity contribution in [2.75, 3.05) is 6.61 Å². The molecule has 2 aliphatic heterocycles. The average Bonchev–Trinajstić information content (AvgIpc) is 3.06. The van der Waals surface area contributed by atoms with E-state index in [1.807, 2.05) is 27.7 Å². The molecule has 2 heterocycles. The number of unbranched alkanes of at least 4 members (excludes halogenated alkanes) is 4. The van der Waals surface area contributed by atoms with Crippen molar-refractivity contribution in [3.05, 3.63) is 0 Å². The van der Waals surface area contributed by atoms with Gasteiger partial charge in [-0.1, -0.05) is 59.8 Å². The summed E-state index contributed by atoms with van der Waals surface area (Å²) >= 11 is 0. The molecule has 178 valence electrons. The molecule has 2 fully saturated rings. The van der Waals surface area contributed by atoms with Gasteiger partial charge in [0.25, 0.3) is 0 Å². The van der Waals surface area contributed by atoms with Crippen LogP contribution in [-0.2, 0) is 23.4 Å². The van der Waals surface area contributed by atoms with Crippen LogP contribution in [0.5, 0.6) is 0 Å². The molecule has 0 saturated carbocycles. The lowest BCUT2D eigenvalue weighted by atomic mass is 9.98. The van der Waals surface area contributed by atoms with Crippen LogP contribution in [0.4, 0.5) is 0 Å². The van der Waals surface area contributed by atoms with Gasteiger partial charge in [0.05, 0.1) is 12.7 Å². The molecule has 2 aliphatic rings. The van der Waals surface area contributed by atoms with Crippen LogP contribution in [0.3, 0.4) is 0 Å². The van der Waals surface area contributed by atoms with Gasteiger partial charge in [-0.15, -0.1) is 0 Å². The fourth-order valence-corrected chi connectivity index (χ4v) is 5.11. The number of hydrogen-bond donors (Lipinski definition) is 0. The number of ether oxygens (including phenoxy) is 4. The second-order valence-electron chi connectivity index (χ2n) is 11.6. The second-order valence-corrected chi connectivity index (χ2v) is 16.4. The van der Waals surface area contributed by atoms with Crippen LogP contribution < -0.4 is 0 Å². The molecule has 6 heteroatoms. The molecule has 5 nitrogen and oxygen atoms in total. The van der Waals surface area contributed by atoms with Crippen LogP contribution in [0.1, 0.15) is 93.9 Å². The number of rotatable bonds is 10. The zero-order chi connectivity index (χ0) is 22.8. The Balaban J connectivity index is 2.07. The van der Waals surface area contributed by atoms with Crippen molar-refractivity contribution < 1.29 is 23.4 Å². The standard InChI is InChI=1S/C24H48O5Si/c1-11-12-13-14-15-16-18-20(28-23(5,6)26-18)21-19(27-24(7,8)29-21)17-25-30(9,10)22(2,3)4/h18-21H,11-17H2,1-10H3/t18-,19+,20+,21-/m0/s1. The zero-order valence-corrected chi connectivity index (χ0v) is 22.3. The molecule has 0 aromatic carbocycles. The Labute approximate surface area is 186 Å². The molecule has 2 rings (SSSR count). The van der Waals surface area contributed by atoms with E-state index in [4.69, 9.17) is 23.4 Å². The monoisotopic (exact) mass is 444 g/mol. The van der Waals surface area contributed by atoms with Gasteiger partial charge in [-0.3, -0.25) is 0 Å². The third kappa shape index (κ3) is 7.01. The predicted octanol–water partition coefficient (Wildman–Crippen LogP) is 6.41. The minimum Gasteiger partial charge on any atom is -0.414 e. The third-order valence-corrected chi connectivity index (χ3v) is 11.3.